The van der Waals surface area contributed by atoms with Crippen molar-refractivity contribution in [1.82, 2.24) is 4.90 Å². The van der Waals surface area contributed by atoms with Gasteiger partial charge in [0, 0.05) is 0 Å². The number of nitrogens with zero attached hydrogens (tertiary/aromatic N) is 1. The van der Waals surface area contributed by atoms with Crippen LogP contribution in [0.2, 0.25) is 0 Å². The van der Waals surface area contributed by atoms with Gasteiger partial charge in [0.05, 0.1) is 0 Å². The molecule has 0 aromatic heterocycles. The van der Waals surface area contributed by atoms with Crippen molar-refractivity contribution in [2.75, 3.05) is 20.6 Å². The van der Waals surface area contributed by atoms with Crippen molar-refractivity contribution in [2.45, 2.75) is 6.92 Å². The van der Waals surface area contributed by atoms with Gasteiger partial charge in [-0.25, -0.2) is 0 Å². The first-order valence-electron chi connectivity index (χ1n) is 1.92. The molecule has 0 amide bonds. The normalized spacial score (nSPS) is 8.00. The van der Waals surface area contributed by atoms with E-state index in [-0.39, 0.29) is 19.5 Å². The fraction of sp³-hybridized carbons (Fsp3) is 1.00. The van der Waals surface area contributed by atoms with Gasteiger partial charge in [0.25, 0.3) is 0 Å². The van der Waals surface area contributed by atoms with Crippen molar-refractivity contribution in [3.63, 3.8) is 0 Å². The third-order valence-corrected chi connectivity index (χ3v) is 0.632. The second kappa shape index (κ2) is 5.58. The summed E-state index contributed by atoms with van der Waals surface area (Å²) < 4.78 is 0. The molecule has 38 valence electrons. The fourth-order valence-electron chi connectivity index (χ4n) is 0. The van der Waals surface area contributed by atoms with Gasteiger partial charge in [-0.3, -0.25) is 0 Å². The summed E-state index contributed by atoms with van der Waals surface area (Å²) in [5, 5.41) is 0. The molecule has 0 aliphatic carbocycles. The second-order valence-electron chi connectivity index (χ2n) is 1.40. The Morgan fingerprint density at radius 2 is 1.50 bits per heavy atom. The second-order valence-corrected chi connectivity index (χ2v) is 1.40. The Morgan fingerprint density at radius 1 is 1.33 bits per heavy atom. The molecule has 0 atom stereocenters. The van der Waals surface area contributed by atoms with Crippen LogP contribution in [0.3, 0.4) is 0 Å². The van der Waals surface area contributed by atoms with E-state index in [4.69, 9.17) is 0 Å². The quantitative estimate of drug-likeness (QED) is 0.525. The molecule has 1 nitrogen and oxygen atoms in total. The zero-order valence-corrected chi connectivity index (χ0v) is 6.25. The molecule has 0 aliphatic heterocycles. The summed E-state index contributed by atoms with van der Waals surface area (Å²) in [5.41, 5.74) is 0. The largest absolute Gasteiger partial charge is 2.00 e. The molecule has 0 saturated heterocycles. The van der Waals surface area contributed by atoms with E-state index in [1.165, 1.54) is 0 Å². The van der Waals surface area contributed by atoms with E-state index in [2.05, 4.69) is 25.9 Å². The summed E-state index contributed by atoms with van der Waals surface area (Å²) in [6.07, 6.45) is 0. The van der Waals surface area contributed by atoms with Gasteiger partial charge in [-0.1, -0.05) is 6.92 Å². The zero-order chi connectivity index (χ0) is 4.28. The molecule has 0 aromatic carbocycles. The van der Waals surface area contributed by atoms with Gasteiger partial charge in [-0.05, 0) is 20.6 Å². The molecule has 6 heavy (non-hydrogen) atoms. The van der Waals surface area contributed by atoms with Crippen molar-refractivity contribution in [1.29, 1.82) is 0 Å². The third-order valence-electron chi connectivity index (χ3n) is 0.632. The molecular weight excluding hydrogens is 163 g/mol. The molecular formula is C4H11NRu+2. The SMILES string of the molecule is CCN(C)C.[Ru+2]. The minimum Gasteiger partial charge on any atom is -0.310 e. The fourth-order valence-corrected chi connectivity index (χ4v) is 0. The van der Waals surface area contributed by atoms with E-state index >= 15 is 0 Å². The van der Waals surface area contributed by atoms with Crippen LogP contribution in [0.4, 0.5) is 0 Å². The predicted molar refractivity (Wildman–Crippen MR) is 24.2 cm³/mol. The van der Waals surface area contributed by atoms with Crippen LogP contribution in [-0.2, 0) is 19.5 Å². The topological polar surface area (TPSA) is 3.24 Å². The van der Waals surface area contributed by atoms with Crippen LogP contribution >= 0.6 is 0 Å². The van der Waals surface area contributed by atoms with Crippen LogP contribution in [0, 0.1) is 0 Å². The first-order chi connectivity index (χ1) is 2.27. The molecule has 0 N–H and O–H groups in total. The molecule has 0 bridgehead atoms. The maximum Gasteiger partial charge on any atom is 2.00 e. The van der Waals surface area contributed by atoms with Gasteiger partial charge in [0.15, 0.2) is 0 Å². The van der Waals surface area contributed by atoms with Crippen molar-refractivity contribution in [2.24, 2.45) is 0 Å². The van der Waals surface area contributed by atoms with Crippen molar-refractivity contribution in [3.05, 3.63) is 0 Å². The predicted octanol–water partition coefficient (Wildman–Crippen LogP) is 0.565. The molecule has 2 heteroatoms. The smallest absolute Gasteiger partial charge is 0.310 e. The van der Waals surface area contributed by atoms with E-state index in [1.807, 2.05) is 0 Å². The monoisotopic (exact) mass is 175 g/mol. The Morgan fingerprint density at radius 3 is 1.50 bits per heavy atom. The Kier molecular flexibility index (Phi) is 9.09. The molecule has 0 fully saturated rings. The van der Waals surface area contributed by atoms with Gasteiger partial charge in [-0.2, -0.15) is 0 Å². The van der Waals surface area contributed by atoms with Crippen molar-refractivity contribution in [3.8, 4) is 0 Å². The molecule has 0 saturated carbocycles. The summed E-state index contributed by atoms with van der Waals surface area (Å²) in [6, 6.07) is 0. The van der Waals surface area contributed by atoms with Crippen molar-refractivity contribution < 1.29 is 19.5 Å². The van der Waals surface area contributed by atoms with Gasteiger partial charge in [0.2, 0.25) is 0 Å². The van der Waals surface area contributed by atoms with Crippen LogP contribution in [0.25, 0.3) is 0 Å². The first kappa shape index (κ1) is 9.77. The van der Waals surface area contributed by atoms with Crippen LogP contribution in [-0.4, -0.2) is 25.5 Å². The van der Waals surface area contributed by atoms with Crippen LogP contribution < -0.4 is 0 Å². The summed E-state index contributed by atoms with van der Waals surface area (Å²) in [7, 11) is 4.11. The number of hydrogen-bond donors (Lipinski definition) is 0. The minimum atomic E-state index is 0. The molecule has 0 aromatic rings. The van der Waals surface area contributed by atoms with Gasteiger partial charge < -0.3 is 4.90 Å². The summed E-state index contributed by atoms with van der Waals surface area (Å²) in [4.78, 5) is 2.12. The van der Waals surface area contributed by atoms with Crippen LogP contribution in [0.1, 0.15) is 6.92 Å². The number of hydrogen-bond acceptors (Lipinski definition) is 1. The standard InChI is InChI=1S/C4H11N.Ru/c1-4-5(2)3;/h4H2,1-3H3;/q;+2. The van der Waals surface area contributed by atoms with Crippen LogP contribution in [0.5, 0.6) is 0 Å². The van der Waals surface area contributed by atoms with Gasteiger partial charge in [-0.15, -0.1) is 0 Å². The maximum atomic E-state index is 2.12. The molecule has 0 aliphatic rings. The molecule has 0 rings (SSSR count). The Labute approximate surface area is 52.5 Å². The van der Waals surface area contributed by atoms with Crippen LogP contribution in [0.15, 0.2) is 0 Å². The van der Waals surface area contributed by atoms with E-state index in [0.717, 1.165) is 6.54 Å². The Balaban J connectivity index is 0. The van der Waals surface area contributed by atoms with Crippen molar-refractivity contribution >= 4 is 0 Å². The van der Waals surface area contributed by atoms with E-state index in [1.54, 1.807) is 0 Å². The summed E-state index contributed by atoms with van der Waals surface area (Å²) in [5.74, 6) is 0. The molecule has 0 spiro atoms. The van der Waals surface area contributed by atoms with Gasteiger partial charge >= 0.3 is 19.5 Å². The van der Waals surface area contributed by atoms with Gasteiger partial charge in [0.1, 0.15) is 0 Å². The molecule has 0 heterocycles. The molecule has 0 radical (unpaired) electrons. The summed E-state index contributed by atoms with van der Waals surface area (Å²) in [6.45, 7) is 3.26. The summed E-state index contributed by atoms with van der Waals surface area (Å²) >= 11 is 0. The van der Waals surface area contributed by atoms with E-state index in [9.17, 15) is 0 Å². The maximum absolute atomic E-state index is 2.12. The Bertz CT molecular complexity index is 21.5. The van der Waals surface area contributed by atoms with E-state index in [0.29, 0.717) is 0 Å². The van der Waals surface area contributed by atoms with E-state index < -0.39 is 0 Å². The Hall–Kier alpha value is 0.583. The molecule has 0 unspecified atom stereocenters. The number of rotatable bonds is 1. The minimum absolute atomic E-state index is 0. The third kappa shape index (κ3) is 8.82. The first-order valence-corrected chi connectivity index (χ1v) is 1.92. The average molecular weight is 174 g/mol. The average Bonchev–Trinajstić information content (AvgIpc) is 1.38. The zero-order valence-electron chi connectivity index (χ0n) is 4.51.